The van der Waals surface area contributed by atoms with Gasteiger partial charge in [-0.2, -0.15) is 5.26 Å². The Balaban J connectivity index is 2.52. The molecule has 0 spiro atoms. The van der Waals surface area contributed by atoms with Gasteiger partial charge in [-0.3, -0.25) is 4.79 Å². The number of hydrogen-bond acceptors (Lipinski definition) is 2. The molecule has 0 bridgehead atoms. The highest BCUT2D eigenvalue weighted by Crippen LogP contribution is 2.34. The molecule has 0 saturated heterocycles. The van der Waals surface area contributed by atoms with E-state index in [1.807, 2.05) is 25.1 Å². The van der Waals surface area contributed by atoms with Crippen LogP contribution in [0.15, 0.2) is 40.9 Å². The maximum atomic E-state index is 12.6. The zero-order valence-electron chi connectivity index (χ0n) is 11.0. The second kappa shape index (κ2) is 6.62. The molecule has 0 N–H and O–H groups in total. The minimum Gasteiger partial charge on any atom is -0.292 e. The minimum atomic E-state index is -1.04. The van der Waals surface area contributed by atoms with E-state index in [0.717, 1.165) is 5.56 Å². The van der Waals surface area contributed by atoms with Crippen LogP contribution in [0.3, 0.4) is 0 Å². The van der Waals surface area contributed by atoms with Gasteiger partial charge in [-0.25, -0.2) is 0 Å². The van der Waals surface area contributed by atoms with Crippen molar-refractivity contribution >= 4 is 44.9 Å². The molecule has 0 heterocycles. The fourth-order valence-electron chi connectivity index (χ4n) is 2.02. The van der Waals surface area contributed by atoms with E-state index in [1.54, 1.807) is 24.3 Å². The molecule has 0 aliphatic heterocycles. The van der Waals surface area contributed by atoms with E-state index < -0.39 is 5.92 Å². The summed E-state index contributed by atoms with van der Waals surface area (Å²) in [4.78, 5) is 12.6. The number of carbonyl (C=O) groups is 1. The van der Waals surface area contributed by atoms with Crippen LogP contribution in [0.25, 0.3) is 0 Å². The van der Waals surface area contributed by atoms with Crippen LogP contribution in [0, 0.1) is 18.3 Å². The molecule has 1 atom stereocenters. The first-order valence-corrected chi connectivity index (χ1v) is 7.64. The number of rotatable bonds is 3. The Morgan fingerprint density at radius 3 is 2.38 bits per heavy atom. The Hall–Kier alpha value is -1.34. The predicted octanol–water partition coefficient (Wildman–Crippen LogP) is 5.55. The molecule has 0 aromatic heterocycles. The van der Waals surface area contributed by atoms with Gasteiger partial charge >= 0.3 is 0 Å². The van der Waals surface area contributed by atoms with E-state index >= 15 is 0 Å². The summed E-state index contributed by atoms with van der Waals surface area (Å²) in [6.45, 7) is 1.92. The van der Waals surface area contributed by atoms with Gasteiger partial charge in [-0.1, -0.05) is 51.3 Å². The first-order valence-electron chi connectivity index (χ1n) is 6.09. The van der Waals surface area contributed by atoms with Gasteiger partial charge in [-0.15, -0.1) is 0 Å². The van der Waals surface area contributed by atoms with Crippen molar-refractivity contribution in [3.63, 3.8) is 0 Å². The van der Waals surface area contributed by atoms with E-state index in [-0.39, 0.29) is 5.78 Å². The Kier molecular flexibility index (Phi) is 5.05. The predicted molar refractivity (Wildman–Crippen MR) is 88.0 cm³/mol. The van der Waals surface area contributed by atoms with Crippen LogP contribution in [-0.4, -0.2) is 5.78 Å². The van der Waals surface area contributed by atoms with Crippen molar-refractivity contribution in [2.24, 2.45) is 0 Å². The first kappa shape index (κ1) is 16.0. The highest BCUT2D eigenvalue weighted by Gasteiger charge is 2.27. The summed E-state index contributed by atoms with van der Waals surface area (Å²) < 4.78 is 0.649. The monoisotopic (exact) mass is 381 g/mol. The maximum Gasteiger partial charge on any atom is 0.185 e. The van der Waals surface area contributed by atoms with Crippen molar-refractivity contribution in [2.75, 3.05) is 0 Å². The number of nitriles is 1. The standard InChI is InChI=1S/C16H10BrCl2NO/c1-9-5-6-10(12(17)7-9)16(21)11(8-20)15-13(18)3-2-4-14(15)19/h2-7,11H,1H3. The van der Waals surface area contributed by atoms with E-state index in [0.29, 0.717) is 25.6 Å². The van der Waals surface area contributed by atoms with Crippen LogP contribution in [0.4, 0.5) is 0 Å². The highest BCUT2D eigenvalue weighted by atomic mass is 79.9. The van der Waals surface area contributed by atoms with Crippen LogP contribution < -0.4 is 0 Å². The summed E-state index contributed by atoms with van der Waals surface area (Å²) in [6, 6.07) is 12.2. The lowest BCUT2D eigenvalue weighted by molar-refractivity contribution is 0.0978. The summed E-state index contributed by atoms with van der Waals surface area (Å²) >= 11 is 15.6. The molecule has 0 amide bonds. The molecule has 2 nitrogen and oxygen atoms in total. The second-order valence-electron chi connectivity index (χ2n) is 4.54. The van der Waals surface area contributed by atoms with E-state index in [2.05, 4.69) is 15.9 Å². The molecule has 0 radical (unpaired) electrons. The van der Waals surface area contributed by atoms with Crippen molar-refractivity contribution in [2.45, 2.75) is 12.8 Å². The van der Waals surface area contributed by atoms with Gasteiger partial charge in [-0.05, 0) is 36.8 Å². The van der Waals surface area contributed by atoms with Crippen molar-refractivity contribution in [3.05, 3.63) is 67.6 Å². The number of benzene rings is 2. The molecule has 2 rings (SSSR count). The van der Waals surface area contributed by atoms with Crippen molar-refractivity contribution in [3.8, 4) is 6.07 Å². The molecule has 2 aromatic carbocycles. The fourth-order valence-corrected chi connectivity index (χ4v) is 3.32. The average molecular weight is 383 g/mol. The Bertz CT molecular complexity index is 732. The summed E-state index contributed by atoms with van der Waals surface area (Å²) in [5.74, 6) is -1.37. The topological polar surface area (TPSA) is 40.9 Å². The molecular formula is C16H10BrCl2NO. The fraction of sp³-hybridized carbons (Fsp3) is 0.125. The Morgan fingerprint density at radius 1 is 1.24 bits per heavy atom. The van der Waals surface area contributed by atoms with Crippen LogP contribution >= 0.6 is 39.1 Å². The number of Topliss-reactive ketones (excluding diaryl/α,β-unsaturated/α-hetero) is 1. The lowest BCUT2D eigenvalue weighted by Crippen LogP contribution is -2.13. The van der Waals surface area contributed by atoms with Gasteiger partial charge in [0, 0.05) is 25.6 Å². The molecule has 106 valence electrons. The molecule has 21 heavy (non-hydrogen) atoms. The molecule has 5 heteroatoms. The summed E-state index contributed by atoms with van der Waals surface area (Å²) in [5, 5.41) is 10.0. The largest absolute Gasteiger partial charge is 0.292 e. The molecule has 0 saturated carbocycles. The normalized spacial score (nSPS) is 11.8. The summed E-state index contributed by atoms with van der Waals surface area (Å²) in [6.07, 6.45) is 0. The van der Waals surface area contributed by atoms with Crippen LogP contribution in [-0.2, 0) is 0 Å². The van der Waals surface area contributed by atoms with Gasteiger partial charge in [0.1, 0.15) is 5.92 Å². The Labute approximate surface area is 141 Å². The van der Waals surface area contributed by atoms with E-state index in [9.17, 15) is 10.1 Å². The summed E-state index contributed by atoms with van der Waals surface area (Å²) in [5.41, 5.74) is 1.80. The minimum absolute atomic E-state index is 0.311. The second-order valence-corrected chi connectivity index (χ2v) is 6.21. The van der Waals surface area contributed by atoms with E-state index in [1.165, 1.54) is 0 Å². The highest BCUT2D eigenvalue weighted by molar-refractivity contribution is 9.10. The third-order valence-corrected chi connectivity index (χ3v) is 4.38. The quantitative estimate of drug-likeness (QED) is 0.652. The van der Waals surface area contributed by atoms with Gasteiger partial charge in [0.05, 0.1) is 6.07 Å². The number of halogens is 3. The van der Waals surface area contributed by atoms with Crippen LogP contribution in [0.5, 0.6) is 0 Å². The molecule has 1 unspecified atom stereocenters. The summed E-state index contributed by atoms with van der Waals surface area (Å²) in [7, 11) is 0. The third kappa shape index (κ3) is 3.29. The van der Waals surface area contributed by atoms with Crippen LogP contribution in [0.1, 0.15) is 27.4 Å². The molecule has 0 aliphatic rings. The van der Waals surface area contributed by atoms with Crippen molar-refractivity contribution in [1.82, 2.24) is 0 Å². The number of ketones is 1. The molecular weight excluding hydrogens is 373 g/mol. The maximum absolute atomic E-state index is 12.6. The smallest absolute Gasteiger partial charge is 0.185 e. The zero-order chi connectivity index (χ0) is 15.6. The Morgan fingerprint density at radius 2 is 1.86 bits per heavy atom. The first-order chi connectivity index (χ1) is 9.95. The number of hydrogen-bond donors (Lipinski definition) is 0. The number of carbonyl (C=O) groups excluding carboxylic acids is 1. The number of aryl methyl sites for hydroxylation is 1. The molecule has 2 aromatic rings. The van der Waals surface area contributed by atoms with Gasteiger partial charge in [0.25, 0.3) is 0 Å². The van der Waals surface area contributed by atoms with Crippen molar-refractivity contribution < 1.29 is 4.79 Å². The average Bonchev–Trinajstić information content (AvgIpc) is 2.42. The zero-order valence-corrected chi connectivity index (χ0v) is 14.1. The molecule has 0 aliphatic carbocycles. The van der Waals surface area contributed by atoms with Gasteiger partial charge < -0.3 is 0 Å². The van der Waals surface area contributed by atoms with Gasteiger partial charge in [0.2, 0.25) is 0 Å². The molecule has 0 fully saturated rings. The van der Waals surface area contributed by atoms with Gasteiger partial charge in [0.15, 0.2) is 5.78 Å². The lowest BCUT2D eigenvalue weighted by atomic mass is 9.91. The SMILES string of the molecule is Cc1ccc(C(=O)C(C#N)c2c(Cl)cccc2Cl)c(Br)c1. The lowest BCUT2D eigenvalue weighted by Gasteiger charge is -2.13. The number of nitrogens with zero attached hydrogens (tertiary/aromatic N) is 1. The van der Waals surface area contributed by atoms with Crippen LogP contribution in [0.2, 0.25) is 10.0 Å². The van der Waals surface area contributed by atoms with E-state index in [4.69, 9.17) is 23.2 Å². The third-order valence-electron chi connectivity index (χ3n) is 3.07. The van der Waals surface area contributed by atoms with Crippen molar-refractivity contribution in [1.29, 1.82) is 5.26 Å².